The minimum Gasteiger partial charge on any atom is -0.451 e. The molecule has 5 heterocycles. The number of hydrogen-bond donors (Lipinski definition) is 0. The highest BCUT2D eigenvalue weighted by Gasteiger charge is 2.47. The molecule has 52 heavy (non-hydrogen) atoms. The van der Waals surface area contributed by atoms with Gasteiger partial charge in [-0.05, 0) is 96.7 Å². The van der Waals surface area contributed by atoms with Crippen molar-refractivity contribution >= 4 is 27.8 Å². The maximum Gasteiger partial charge on any atom is 0.282 e. The van der Waals surface area contributed by atoms with Crippen molar-refractivity contribution < 1.29 is 27.1 Å². The first-order valence-electron chi connectivity index (χ1n) is 18.5. The number of likely N-dealkylation sites (tertiary alicyclic amines) is 1. The van der Waals surface area contributed by atoms with Crippen molar-refractivity contribution in [1.29, 1.82) is 0 Å². The Kier molecular flexibility index (Phi) is 11.5. The molecule has 13 nitrogen and oxygen atoms in total. The fraction of sp³-hybridized carbons (Fsp3) is 0.622. The van der Waals surface area contributed by atoms with Gasteiger partial charge in [-0.2, -0.15) is 17.0 Å². The number of piperidine rings is 1. The molecule has 1 unspecified atom stereocenters. The Hall–Kier alpha value is -3.66. The Labute approximate surface area is 307 Å². The van der Waals surface area contributed by atoms with Crippen molar-refractivity contribution in [2.24, 2.45) is 11.3 Å². The lowest BCUT2D eigenvalue weighted by atomic mass is 9.72. The summed E-state index contributed by atoms with van der Waals surface area (Å²) >= 11 is 0. The number of carbonyl (C=O) groups is 2. The van der Waals surface area contributed by atoms with E-state index in [1.165, 1.54) is 34.9 Å². The molecule has 2 aromatic rings. The first-order chi connectivity index (χ1) is 24.8. The quantitative estimate of drug-likeness (QED) is 0.316. The van der Waals surface area contributed by atoms with Gasteiger partial charge in [0.05, 0.1) is 11.8 Å². The van der Waals surface area contributed by atoms with Crippen molar-refractivity contribution in [2.45, 2.75) is 65.5 Å². The largest absolute Gasteiger partial charge is 0.451 e. The molecule has 0 bridgehead atoms. The van der Waals surface area contributed by atoms with Crippen molar-refractivity contribution in [3.05, 3.63) is 54.8 Å². The average molecular weight is 741 g/mol. The lowest BCUT2D eigenvalue weighted by Crippen LogP contribution is -2.61. The standard InChI is InChI=1S/C37H53FN8O5S/c1-6-34(47)42-13-7-14-44(19-18-42)52(49,50)45-15-10-29(23-45)22-41-16-11-37(12-17-41)24-43(25-37)35-33(21-39-26-40-35)51-32-9-8-30(38)20-31(32)36(48)46(27(2)3)28(4)5/h6,8-9,20-21,26-29H,1,7,10-19,22-25H2,2-5H3. The van der Waals surface area contributed by atoms with Crippen LogP contribution in [0.1, 0.15) is 63.7 Å². The monoisotopic (exact) mass is 740 g/mol. The van der Waals surface area contributed by atoms with Crippen molar-refractivity contribution in [1.82, 2.24) is 33.3 Å². The average Bonchev–Trinajstić information content (AvgIpc) is 3.43. The van der Waals surface area contributed by atoms with Gasteiger partial charge in [-0.15, -0.1) is 0 Å². The minimum atomic E-state index is -3.58. The molecule has 1 aromatic heterocycles. The number of rotatable bonds is 11. The van der Waals surface area contributed by atoms with Crippen molar-refractivity contribution in [2.75, 3.05) is 76.9 Å². The van der Waals surface area contributed by atoms with Gasteiger partial charge in [-0.1, -0.05) is 6.58 Å². The minimum absolute atomic E-state index is 0.0780. The van der Waals surface area contributed by atoms with E-state index in [0.29, 0.717) is 57.3 Å². The summed E-state index contributed by atoms with van der Waals surface area (Å²) in [6.45, 7) is 18.4. The zero-order chi connectivity index (χ0) is 37.2. The Morgan fingerprint density at radius 1 is 1.02 bits per heavy atom. The van der Waals surface area contributed by atoms with Crippen LogP contribution in [0.5, 0.6) is 11.5 Å². The van der Waals surface area contributed by atoms with Crippen molar-refractivity contribution in [3.8, 4) is 11.5 Å². The third kappa shape index (κ3) is 8.12. The molecule has 1 spiro atoms. The van der Waals surface area contributed by atoms with Gasteiger partial charge in [0, 0.05) is 76.4 Å². The number of aromatic nitrogens is 2. The highest BCUT2D eigenvalue weighted by molar-refractivity contribution is 7.86. The molecule has 284 valence electrons. The normalized spacial score (nSPS) is 21.7. The van der Waals surface area contributed by atoms with Crippen molar-refractivity contribution in [3.63, 3.8) is 0 Å². The molecule has 4 aliphatic rings. The Balaban J connectivity index is 1.02. The molecule has 0 aliphatic carbocycles. The number of carbonyl (C=O) groups excluding carboxylic acids is 2. The van der Waals surface area contributed by atoms with Crippen LogP contribution in [0, 0.1) is 17.2 Å². The van der Waals surface area contributed by atoms with Crippen LogP contribution in [-0.4, -0.2) is 138 Å². The zero-order valence-electron chi connectivity index (χ0n) is 30.9. The van der Waals surface area contributed by atoms with Gasteiger partial charge in [0.1, 0.15) is 17.9 Å². The number of ether oxygens (including phenoxy) is 1. The summed E-state index contributed by atoms with van der Waals surface area (Å²) in [6, 6.07) is 3.85. The Morgan fingerprint density at radius 2 is 1.75 bits per heavy atom. The fourth-order valence-corrected chi connectivity index (χ4v) is 10.0. The SMILES string of the molecule is C=CC(=O)N1CCCN(S(=O)(=O)N2CCC(CN3CCC4(CC3)CN(c3ncncc3Oc3ccc(F)cc3C(=O)N(C(C)C)C(C)C)C4)C2)CC1. The topological polar surface area (TPSA) is 123 Å². The van der Waals surface area contributed by atoms with E-state index in [9.17, 15) is 22.4 Å². The van der Waals surface area contributed by atoms with Crippen LogP contribution < -0.4 is 9.64 Å². The van der Waals surface area contributed by atoms with Gasteiger partial charge in [0.25, 0.3) is 16.1 Å². The predicted octanol–water partition coefficient (Wildman–Crippen LogP) is 3.86. The van der Waals surface area contributed by atoms with Crippen LogP contribution in [0.2, 0.25) is 0 Å². The van der Waals surface area contributed by atoms with Gasteiger partial charge in [-0.25, -0.2) is 14.4 Å². The van der Waals surface area contributed by atoms with E-state index in [2.05, 4.69) is 26.3 Å². The number of amides is 2. The van der Waals surface area contributed by atoms with Crippen LogP contribution in [0.15, 0.2) is 43.4 Å². The number of anilines is 1. The summed E-state index contributed by atoms with van der Waals surface area (Å²) in [5, 5.41) is 0. The lowest BCUT2D eigenvalue weighted by molar-refractivity contribution is -0.125. The van der Waals surface area contributed by atoms with E-state index >= 15 is 0 Å². The van der Waals surface area contributed by atoms with Gasteiger partial charge in [0.2, 0.25) is 5.91 Å². The van der Waals surface area contributed by atoms with Gasteiger partial charge < -0.3 is 24.3 Å². The predicted molar refractivity (Wildman–Crippen MR) is 197 cm³/mol. The molecule has 6 rings (SSSR count). The molecule has 0 radical (unpaired) electrons. The number of hydrogen-bond acceptors (Lipinski definition) is 9. The van der Waals surface area contributed by atoms with E-state index < -0.39 is 16.0 Å². The molecule has 4 fully saturated rings. The molecule has 15 heteroatoms. The molecule has 4 aliphatic heterocycles. The maximum absolute atomic E-state index is 14.4. The summed E-state index contributed by atoms with van der Waals surface area (Å²) in [5.41, 5.74) is 0.312. The van der Waals surface area contributed by atoms with Crippen LogP contribution in [0.4, 0.5) is 10.2 Å². The second kappa shape index (κ2) is 15.7. The number of halogens is 1. The first-order valence-corrected chi connectivity index (χ1v) is 19.9. The maximum atomic E-state index is 14.4. The molecule has 0 N–H and O–H groups in total. The molecule has 1 atom stereocenters. The van der Waals surface area contributed by atoms with E-state index in [0.717, 1.165) is 52.0 Å². The number of nitrogens with zero attached hydrogens (tertiary/aromatic N) is 8. The second-order valence-corrected chi connectivity index (χ2v) is 17.2. The van der Waals surface area contributed by atoms with Crippen LogP contribution in [-0.2, 0) is 15.0 Å². The molecular formula is C37H53FN8O5S. The summed E-state index contributed by atoms with van der Waals surface area (Å²) in [5.74, 6) is 0.635. The van der Waals surface area contributed by atoms with Gasteiger partial charge in [-0.3, -0.25) is 9.59 Å². The summed E-state index contributed by atoms with van der Waals surface area (Å²) < 4.78 is 50.9. The molecule has 0 saturated carbocycles. The summed E-state index contributed by atoms with van der Waals surface area (Å²) in [6.07, 6.45) is 7.88. The smallest absolute Gasteiger partial charge is 0.282 e. The third-order valence-corrected chi connectivity index (χ3v) is 13.0. The van der Waals surface area contributed by atoms with Crippen LogP contribution >= 0.6 is 0 Å². The Morgan fingerprint density at radius 3 is 2.44 bits per heavy atom. The molecule has 4 saturated heterocycles. The zero-order valence-corrected chi connectivity index (χ0v) is 31.7. The fourth-order valence-electron chi connectivity index (χ4n) is 8.30. The van der Waals surface area contributed by atoms with E-state index in [1.807, 2.05) is 27.7 Å². The van der Waals surface area contributed by atoms with E-state index in [1.54, 1.807) is 20.3 Å². The molecular weight excluding hydrogens is 688 g/mol. The van der Waals surface area contributed by atoms with E-state index in [4.69, 9.17) is 4.74 Å². The first kappa shape index (κ1) is 38.1. The Bertz CT molecular complexity index is 1720. The lowest BCUT2D eigenvalue weighted by Gasteiger charge is -2.54. The highest BCUT2D eigenvalue weighted by Crippen LogP contribution is 2.45. The summed E-state index contributed by atoms with van der Waals surface area (Å²) in [4.78, 5) is 42.4. The van der Waals surface area contributed by atoms with Crippen LogP contribution in [0.3, 0.4) is 0 Å². The third-order valence-electron chi connectivity index (χ3n) is 11.0. The van der Waals surface area contributed by atoms with E-state index in [-0.39, 0.29) is 46.5 Å². The van der Waals surface area contributed by atoms with Gasteiger partial charge >= 0.3 is 0 Å². The number of benzene rings is 1. The highest BCUT2D eigenvalue weighted by atomic mass is 32.2. The summed E-state index contributed by atoms with van der Waals surface area (Å²) in [7, 11) is -3.58. The second-order valence-electron chi connectivity index (χ2n) is 15.3. The van der Waals surface area contributed by atoms with Gasteiger partial charge in [0.15, 0.2) is 11.6 Å². The molecule has 1 aromatic carbocycles. The molecule has 2 amide bonds. The van der Waals surface area contributed by atoms with Crippen LogP contribution in [0.25, 0.3) is 0 Å².